The standard InChI is InChI=1S/C17H30N4O2S.HI/c1-5-14-8-9-15(24-14)12-19-17(18-10-7-11-23-6-2)20-13-16(22)21(3)4;/h8-9H,5-7,10-13H2,1-4H3,(H2,18,19,20);1H. The molecule has 0 aromatic carbocycles. The second-order valence-corrected chi connectivity index (χ2v) is 6.76. The Kier molecular flexibility index (Phi) is 13.8. The van der Waals surface area contributed by atoms with E-state index < -0.39 is 0 Å². The van der Waals surface area contributed by atoms with Crippen LogP contribution < -0.4 is 10.6 Å². The number of aliphatic imine (C=N–C) groups is 1. The molecule has 0 saturated heterocycles. The van der Waals surface area contributed by atoms with Crippen molar-refractivity contribution in [2.45, 2.75) is 33.2 Å². The fourth-order valence-electron chi connectivity index (χ4n) is 1.87. The predicted octanol–water partition coefficient (Wildman–Crippen LogP) is 2.48. The molecule has 1 aromatic rings. The van der Waals surface area contributed by atoms with Gasteiger partial charge in [-0.25, -0.2) is 4.99 Å². The third-order valence-electron chi connectivity index (χ3n) is 3.33. The minimum atomic E-state index is -0.0187. The molecule has 1 aromatic heterocycles. The van der Waals surface area contributed by atoms with E-state index in [4.69, 9.17) is 4.74 Å². The number of guanidine groups is 1. The summed E-state index contributed by atoms with van der Waals surface area (Å²) < 4.78 is 5.33. The van der Waals surface area contributed by atoms with Crippen LogP contribution in [0.3, 0.4) is 0 Å². The van der Waals surface area contributed by atoms with Gasteiger partial charge in [-0.2, -0.15) is 0 Å². The molecule has 0 unspecified atom stereocenters. The zero-order chi connectivity index (χ0) is 17.8. The summed E-state index contributed by atoms with van der Waals surface area (Å²) in [6.45, 7) is 7.19. The molecule has 0 aliphatic rings. The van der Waals surface area contributed by atoms with Crippen LogP contribution in [0, 0.1) is 0 Å². The zero-order valence-corrected chi connectivity index (χ0v) is 18.8. The van der Waals surface area contributed by atoms with E-state index in [-0.39, 0.29) is 36.4 Å². The normalized spacial score (nSPS) is 11.0. The Balaban J connectivity index is 0.00000576. The third-order valence-corrected chi connectivity index (χ3v) is 4.56. The van der Waals surface area contributed by atoms with Crippen LogP contribution in [-0.4, -0.2) is 57.2 Å². The molecule has 1 rings (SSSR count). The average Bonchev–Trinajstić information content (AvgIpc) is 3.04. The lowest BCUT2D eigenvalue weighted by Crippen LogP contribution is -2.38. The van der Waals surface area contributed by atoms with Crippen LogP contribution in [0.1, 0.15) is 30.0 Å². The summed E-state index contributed by atoms with van der Waals surface area (Å²) in [7, 11) is 3.47. The van der Waals surface area contributed by atoms with Crippen molar-refractivity contribution in [3.05, 3.63) is 21.9 Å². The Morgan fingerprint density at radius 2 is 1.96 bits per heavy atom. The number of hydrogen-bond acceptors (Lipinski definition) is 4. The van der Waals surface area contributed by atoms with Crippen LogP contribution >= 0.6 is 35.3 Å². The highest BCUT2D eigenvalue weighted by Gasteiger charge is 2.05. The number of carbonyl (C=O) groups is 1. The number of amides is 1. The van der Waals surface area contributed by atoms with Gasteiger partial charge in [0.05, 0.1) is 6.54 Å². The van der Waals surface area contributed by atoms with Gasteiger partial charge in [0.25, 0.3) is 0 Å². The number of thiophene rings is 1. The molecular formula is C17H31IN4O2S. The van der Waals surface area contributed by atoms with Gasteiger partial charge in [0.1, 0.15) is 6.54 Å². The van der Waals surface area contributed by atoms with Crippen molar-refractivity contribution in [1.29, 1.82) is 0 Å². The summed E-state index contributed by atoms with van der Waals surface area (Å²) in [5.41, 5.74) is 0. The molecule has 0 radical (unpaired) electrons. The molecule has 6 nitrogen and oxygen atoms in total. The number of hydrogen-bond donors (Lipinski definition) is 2. The van der Waals surface area contributed by atoms with Gasteiger partial charge in [-0.05, 0) is 31.9 Å². The first-order chi connectivity index (χ1) is 11.6. The molecule has 0 saturated carbocycles. The van der Waals surface area contributed by atoms with Gasteiger partial charge in [-0.15, -0.1) is 35.3 Å². The summed E-state index contributed by atoms with van der Waals surface area (Å²) in [5.74, 6) is 0.642. The highest BCUT2D eigenvalue weighted by molar-refractivity contribution is 14.0. The molecule has 0 fully saturated rings. The van der Waals surface area contributed by atoms with Crippen LogP contribution in [0.5, 0.6) is 0 Å². The first-order valence-corrected chi connectivity index (χ1v) is 9.26. The minimum Gasteiger partial charge on any atom is -0.382 e. The number of likely N-dealkylation sites (N-methyl/N-ethyl adjacent to an activating group) is 1. The van der Waals surface area contributed by atoms with Crippen LogP contribution in [0.15, 0.2) is 17.1 Å². The SMILES string of the molecule is CCOCCCNC(=NCC(=O)N(C)C)NCc1ccc(CC)s1.I. The maximum atomic E-state index is 11.7. The Labute approximate surface area is 172 Å². The van der Waals surface area contributed by atoms with Gasteiger partial charge in [-0.3, -0.25) is 4.79 Å². The minimum absolute atomic E-state index is 0. The average molecular weight is 482 g/mol. The van der Waals surface area contributed by atoms with E-state index in [0.717, 1.165) is 32.6 Å². The highest BCUT2D eigenvalue weighted by atomic mass is 127. The number of rotatable bonds is 10. The molecule has 0 bridgehead atoms. The second kappa shape index (κ2) is 14.3. The molecule has 0 aliphatic heterocycles. The largest absolute Gasteiger partial charge is 0.382 e. The summed E-state index contributed by atoms with van der Waals surface area (Å²) in [6.07, 6.45) is 1.95. The highest BCUT2D eigenvalue weighted by Crippen LogP contribution is 2.16. The van der Waals surface area contributed by atoms with Crippen molar-refractivity contribution >= 4 is 47.2 Å². The van der Waals surface area contributed by atoms with Crippen LogP contribution in [-0.2, 0) is 22.5 Å². The molecule has 0 aliphatic carbocycles. The molecule has 8 heteroatoms. The second-order valence-electron chi connectivity index (χ2n) is 5.51. The lowest BCUT2D eigenvalue weighted by atomic mass is 10.3. The van der Waals surface area contributed by atoms with Gasteiger partial charge in [0.2, 0.25) is 5.91 Å². The van der Waals surface area contributed by atoms with Crippen LogP contribution in [0.25, 0.3) is 0 Å². The quantitative estimate of drug-likeness (QED) is 0.233. The molecule has 0 atom stereocenters. The maximum absolute atomic E-state index is 11.7. The number of ether oxygens (including phenoxy) is 1. The summed E-state index contributed by atoms with van der Waals surface area (Å²) in [5, 5.41) is 6.55. The Bertz CT molecular complexity index is 521. The van der Waals surface area contributed by atoms with E-state index in [1.165, 1.54) is 9.75 Å². The molecule has 25 heavy (non-hydrogen) atoms. The van der Waals surface area contributed by atoms with Crippen molar-refractivity contribution in [2.75, 3.05) is 40.4 Å². The monoisotopic (exact) mass is 482 g/mol. The van der Waals surface area contributed by atoms with E-state index in [1.54, 1.807) is 30.3 Å². The predicted molar refractivity (Wildman–Crippen MR) is 116 cm³/mol. The zero-order valence-electron chi connectivity index (χ0n) is 15.6. The van der Waals surface area contributed by atoms with Gasteiger partial charge >= 0.3 is 0 Å². The Hall–Kier alpha value is -0.870. The van der Waals surface area contributed by atoms with E-state index in [2.05, 4.69) is 34.7 Å². The third kappa shape index (κ3) is 10.7. The van der Waals surface area contributed by atoms with Crippen molar-refractivity contribution in [3.8, 4) is 0 Å². The fourth-order valence-corrected chi connectivity index (χ4v) is 2.76. The number of aryl methyl sites for hydroxylation is 1. The van der Waals surface area contributed by atoms with Gasteiger partial charge in [-0.1, -0.05) is 6.92 Å². The van der Waals surface area contributed by atoms with E-state index in [1.807, 2.05) is 6.92 Å². The molecule has 2 N–H and O–H groups in total. The van der Waals surface area contributed by atoms with Crippen molar-refractivity contribution in [1.82, 2.24) is 15.5 Å². The summed E-state index contributed by atoms with van der Waals surface area (Å²) in [4.78, 5) is 20.3. The van der Waals surface area contributed by atoms with Crippen molar-refractivity contribution < 1.29 is 9.53 Å². The van der Waals surface area contributed by atoms with E-state index in [0.29, 0.717) is 12.5 Å². The number of nitrogens with zero attached hydrogens (tertiary/aromatic N) is 2. The lowest BCUT2D eigenvalue weighted by molar-refractivity contribution is -0.127. The smallest absolute Gasteiger partial charge is 0.243 e. The topological polar surface area (TPSA) is 66.0 Å². The molecule has 0 spiro atoms. The van der Waals surface area contributed by atoms with Gasteiger partial charge in [0, 0.05) is 43.6 Å². The van der Waals surface area contributed by atoms with Crippen LogP contribution in [0.2, 0.25) is 0 Å². The number of carbonyl (C=O) groups excluding carboxylic acids is 1. The van der Waals surface area contributed by atoms with E-state index in [9.17, 15) is 4.79 Å². The van der Waals surface area contributed by atoms with E-state index >= 15 is 0 Å². The van der Waals surface area contributed by atoms with Gasteiger partial charge in [0.15, 0.2) is 5.96 Å². The number of halogens is 1. The van der Waals surface area contributed by atoms with Crippen molar-refractivity contribution in [3.63, 3.8) is 0 Å². The fraction of sp³-hybridized carbons (Fsp3) is 0.647. The molecule has 144 valence electrons. The van der Waals surface area contributed by atoms with Gasteiger partial charge < -0.3 is 20.3 Å². The first kappa shape index (κ1) is 24.1. The maximum Gasteiger partial charge on any atom is 0.243 e. The molecule has 1 heterocycles. The van der Waals surface area contributed by atoms with Crippen molar-refractivity contribution in [2.24, 2.45) is 4.99 Å². The first-order valence-electron chi connectivity index (χ1n) is 8.44. The lowest BCUT2D eigenvalue weighted by Gasteiger charge is -2.13. The molecular weight excluding hydrogens is 451 g/mol. The summed E-state index contributed by atoms with van der Waals surface area (Å²) in [6, 6.07) is 4.29. The Morgan fingerprint density at radius 1 is 1.24 bits per heavy atom. The summed E-state index contributed by atoms with van der Waals surface area (Å²) >= 11 is 1.80. The van der Waals surface area contributed by atoms with Crippen LogP contribution in [0.4, 0.5) is 0 Å². The Morgan fingerprint density at radius 3 is 2.56 bits per heavy atom. The number of nitrogens with one attached hydrogen (secondary N) is 2. The molecule has 1 amide bonds.